The van der Waals surface area contributed by atoms with Crippen molar-refractivity contribution in [3.8, 4) is 5.75 Å². The lowest BCUT2D eigenvalue weighted by Crippen LogP contribution is -2.08. The largest absolute Gasteiger partial charge is 0.494 e. The van der Waals surface area contributed by atoms with Crippen molar-refractivity contribution in [1.29, 1.82) is 0 Å². The number of hydrogen-bond donors (Lipinski definition) is 0. The van der Waals surface area contributed by atoms with Crippen LogP contribution >= 0.6 is 0 Å². The molecule has 96 valence electrons. The third-order valence-corrected chi connectivity index (χ3v) is 3.24. The van der Waals surface area contributed by atoms with E-state index in [4.69, 9.17) is 4.74 Å². The first-order valence-electron chi connectivity index (χ1n) is 6.50. The zero-order chi connectivity index (χ0) is 13.1. The Hall–Kier alpha value is -0.980. The van der Waals surface area contributed by atoms with Gasteiger partial charge in [0.15, 0.2) is 0 Å². The molecule has 17 heavy (non-hydrogen) atoms. The van der Waals surface area contributed by atoms with Gasteiger partial charge in [-0.05, 0) is 67.9 Å². The summed E-state index contributed by atoms with van der Waals surface area (Å²) in [5, 5.41) is 0. The normalized spacial score (nSPS) is 11.6. The monoisotopic (exact) mass is 234 g/mol. The molecular formula is C16H26O. The molecule has 1 heteroatoms. The number of benzene rings is 1. The summed E-state index contributed by atoms with van der Waals surface area (Å²) in [6.45, 7) is 14.1. The van der Waals surface area contributed by atoms with Gasteiger partial charge in [0.1, 0.15) is 5.75 Å². The minimum absolute atomic E-state index is 0.405. The van der Waals surface area contributed by atoms with Gasteiger partial charge in [-0.3, -0.25) is 0 Å². The minimum Gasteiger partial charge on any atom is -0.494 e. The van der Waals surface area contributed by atoms with E-state index in [1.165, 1.54) is 23.1 Å². The molecule has 1 rings (SSSR count). The first kappa shape index (κ1) is 14.1. The fourth-order valence-electron chi connectivity index (χ4n) is 1.87. The summed E-state index contributed by atoms with van der Waals surface area (Å²) >= 11 is 0. The van der Waals surface area contributed by atoms with Crippen molar-refractivity contribution in [2.75, 3.05) is 6.61 Å². The molecule has 0 atom stereocenters. The van der Waals surface area contributed by atoms with Crippen molar-refractivity contribution in [2.24, 2.45) is 5.41 Å². The number of aryl methyl sites for hydroxylation is 2. The van der Waals surface area contributed by atoms with Crippen LogP contribution in [0.3, 0.4) is 0 Å². The van der Waals surface area contributed by atoms with E-state index in [1.54, 1.807) is 0 Å². The lowest BCUT2D eigenvalue weighted by molar-refractivity contribution is 0.269. The van der Waals surface area contributed by atoms with Gasteiger partial charge in [-0.15, -0.1) is 0 Å². The van der Waals surface area contributed by atoms with Crippen molar-refractivity contribution in [2.45, 2.75) is 54.4 Å². The summed E-state index contributed by atoms with van der Waals surface area (Å²) in [6, 6.07) is 4.28. The van der Waals surface area contributed by atoms with Crippen molar-refractivity contribution in [3.05, 3.63) is 28.8 Å². The molecule has 0 aliphatic heterocycles. The van der Waals surface area contributed by atoms with E-state index >= 15 is 0 Å². The molecule has 1 aromatic rings. The summed E-state index contributed by atoms with van der Waals surface area (Å²) in [7, 11) is 0. The van der Waals surface area contributed by atoms with Gasteiger partial charge in [0.05, 0.1) is 6.61 Å². The molecule has 0 aliphatic carbocycles. The fourth-order valence-corrected chi connectivity index (χ4v) is 1.87. The number of hydrogen-bond acceptors (Lipinski definition) is 1. The van der Waals surface area contributed by atoms with Crippen LogP contribution in [0.2, 0.25) is 0 Å². The highest BCUT2D eigenvalue weighted by atomic mass is 16.5. The Morgan fingerprint density at radius 2 is 1.53 bits per heavy atom. The predicted octanol–water partition coefficient (Wildman–Crippen LogP) is 4.82. The topological polar surface area (TPSA) is 9.23 Å². The maximum absolute atomic E-state index is 5.82. The Morgan fingerprint density at radius 1 is 1.00 bits per heavy atom. The Labute approximate surface area is 106 Å². The first-order valence-corrected chi connectivity index (χ1v) is 6.50. The van der Waals surface area contributed by atoms with Crippen LogP contribution in [0.4, 0.5) is 0 Å². The highest BCUT2D eigenvalue weighted by Gasteiger charge is 2.09. The van der Waals surface area contributed by atoms with Crippen LogP contribution in [-0.2, 0) is 0 Å². The predicted molar refractivity (Wildman–Crippen MR) is 74.8 cm³/mol. The van der Waals surface area contributed by atoms with Gasteiger partial charge in [0, 0.05) is 0 Å². The minimum atomic E-state index is 0.405. The Balaban J connectivity index is 2.48. The second-order valence-corrected chi connectivity index (χ2v) is 6.19. The smallest absolute Gasteiger partial charge is 0.119 e. The van der Waals surface area contributed by atoms with Gasteiger partial charge < -0.3 is 4.74 Å². The third kappa shape index (κ3) is 4.80. The Bertz CT molecular complexity index is 349. The average Bonchev–Trinajstić information content (AvgIpc) is 2.19. The van der Waals surface area contributed by atoms with Crippen LogP contribution in [0.15, 0.2) is 12.1 Å². The average molecular weight is 234 g/mol. The maximum Gasteiger partial charge on any atom is 0.119 e. The Morgan fingerprint density at radius 3 is 2.00 bits per heavy atom. The van der Waals surface area contributed by atoms with Crippen molar-refractivity contribution >= 4 is 0 Å². The van der Waals surface area contributed by atoms with E-state index in [1.807, 2.05) is 0 Å². The summed E-state index contributed by atoms with van der Waals surface area (Å²) in [4.78, 5) is 0. The first-order chi connectivity index (χ1) is 7.79. The standard InChI is InChI=1S/C16H26O/c1-12-10-15(11-13(2)14(12)3)17-9-7-8-16(4,5)6/h10-11H,7-9H2,1-6H3. The highest BCUT2D eigenvalue weighted by Crippen LogP contribution is 2.23. The molecule has 0 aromatic heterocycles. The summed E-state index contributed by atoms with van der Waals surface area (Å²) in [5.74, 6) is 1.01. The lowest BCUT2D eigenvalue weighted by Gasteiger charge is -2.18. The van der Waals surface area contributed by atoms with Crippen molar-refractivity contribution in [3.63, 3.8) is 0 Å². The second kappa shape index (κ2) is 5.57. The maximum atomic E-state index is 5.82. The number of ether oxygens (including phenoxy) is 1. The molecule has 0 heterocycles. The van der Waals surface area contributed by atoms with Crippen LogP contribution in [0.5, 0.6) is 5.75 Å². The molecule has 0 saturated heterocycles. The molecule has 0 radical (unpaired) electrons. The molecule has 1 aromatic carbocycles. The second-order valence-electron chi connectivity index (χ2n) is 6.19. The summed E-state index contributed by atoms with van der Waals surface area (Å²) in [6.07, 6.45) is 2.33. The molecular weight excluding hydrogens is 208 g/mol. The van der Waals surface area contributed by atoms with E-state index in [9.17, 15) is 0 Å². The SMILES string of the molecule is Cc1cc(OCCCC(C)(C)C)cc(C)c1C. The van der Waals surface area contributed by atoms with Gasteiger partial charge >= 0.3 is 0 Å². The van der Waals surface area contributed by atoms with Crippen LogP contribution in [-0.4, -0.2) is 6.61 Å². The molecule has 0 saturated carbocycles. The molecule has 0 spiro atoms. The van der Waals surface area contributed by atoms with E-state index in [0.29, 0.717) is 5.41 Å². The molecule has 0 unspecified atom stereocenters. The lowest BCUT2D eigenvalue weighted by atomic mass is 9.91. The van der Waals surface area contributed by atoms with Gasteiger partial charge in [-0.1, -0.05) is 20.8 Å². The van der Waals surface area contributed by atoms with Crippen molar-refractivity contribution in [1.82, 2.24) is 0 Å². The quantitative estimate of drug-likeness (QED) is 0.679. The van der Waals surface area contributed by atoms with Crippen LogP contribution < -0.4 is 4.74 Å². The molecule has 0 N–H and O–H groups in total. The molecule has 0 bridgehead atoms. The van der Waals surface area contributed by atoms with E-state index in [0.717, 1.165) is 18.8 Å². The zero-order valence-electron chi connectivity index (χ0n) is 12.2. The molecule has 0 aliphatic rings. The van der Waals surface area contributed by atoms with Gasteiger partial charge in [0.2, 0.25) is 0 Å². The summed E-state index contributed by atoms with van der Waals surface area (Å²) in [5.41, 5.74) is 4.40. The molecule has 1 nitrogen and oxygen atoms in total. The molecule has 0 amide bonds. The Kier molecular flexibility index (Phi) is 4.62. The van der Waals surface area contributed by atoms with Crippen LogP contribution in [0.25, 0.3) is 0 Å². The zero-order valence-corrected chi connectivity index (χ0v) is 12.2. The van der Waals surface area contributed by atoms with E-state index in [-0.39, 0.29) is 0 Å². The van der Waals surface area contributed by atoms with E-state index < -0.39 is 0 Å². The third-order valence-electron chi connectivity index (χ3n) is 3.24. The van der Waals surface area contributed by atoms with Gasteiger partial charge in [0.25, 0.3) is 0 Å². The van der Waals surface area contributed by atoms with Crippen LogP contribution in [0.1, 0.15) is 50.3 Å². The fraction of sp³-hybridized carbons (Fsp3) is 0.625. The van der Waals surface area contributed by atoms with Gasteiger partial charge in [-0.2, -0.15) is 0 Å². The van der Waals surface area contributed by atoms with Crippen molar-refractivity contribution < 1.29 is 4.74 Å². The number of rotatable bonds is 4. The summed E-state index contributed by atoms with van der Waals surface area (Å²) < 4.78 is 5.82. The molecule has 0 fully saturated rings. The van der Waals surface area contributed by atoms with Crippen LogP contribution in [0, 0.1) is 26.2 Å². The van der Waals surface area contributed by atoms with E-state index in [2.05, 4.69) is 53.7 Å². The highest BCUT2D eigenvalue weighted by molar-refractivity contribution is 5.40. The van der Waals surface area contributed by atoms with Gasteiger partial charge in [-0.25, -0.2) is 0 Å².